The number of amides is 1. The predicted molar refractivity (Wildman–Crippen MR) is 94.1 cm³/mol. The minimum absolute atomic E-state index is 0.0820. The van der Waals surface area contributed by atoms with Crippen molar-refractivity contribution < 1.29 is 14.3 Å². The Labute approximate surface area is 144 Å². The number of aryl methyl sites for hydroxylation is 1. The van der Waals surface area contributed by atoms with E-state index in [2.05, 4.69) is 21.2 Å². The largest absolute Gasteiger partial charge is 0.484 e. The number of anilines is 1. The summed E-state index contributed by atoms with van der Waals surface area (Å²) in [6.07, 6.45) is 0.466. The van der Waals surface area contributed by atoms with Crippen LogP contribution in [-0.4, -0.2) is 18.3 Å². The molecule has 0 radical (unpaired) electrons. The number of ketones is 1. The first-order chi connectivity index (χ1) is 11.0. The van der Waals surface area contributed by atoms with Gasteiger partial charge in [-0.2, -0.15) is 0 Å². The van der Waals surface area contributed by atoms with Crippen molar-refractivity contribution in [2.24, 2.45) is 0 Å². The summed E-state index contributed by atoms with van der Waals surface area (Å²) in [6.45, 7) is 3.70. The van der Waals surface area contributed by atoms with E-state index >= 15 is 0 Å². The molecule has 2 aromatic carbocycles. The minimum Gasteiger partial charge on any atom is -0.484 e. The number of Topliss-reactive ketones (excluding diaryl/α,β-unsaturated/α-hetero) is 1. The molecule has 0 atom stereocenters. The highest BCUT2D eigenvalue weighted by Crippen LogP contribution is 2.23. The average Bonchev–Trinajstić information content (AvgIpc) is 2.55. The molecule has 23 heavy (non-hydrogen) atoms. The van der Waals surface area contributed by atoms with Crippen molar-refractivity contribution in [1.82, 2.24) is 0 Å². The maximum Gasteiger partial charge on any atom is 0.262 e. The molecule has 0 saturated heterocycles. The molecule has 2 aromatic rings. The number of hydrogen-bond acceptors (Lipinski definition) is 3. The zero-order chi connectivity index (χ0) is 16.8. The number of benzene rings is 2. The lowest BCUT2D eigenvalue weighted by Gasteiger charge is -2.09. The molecule has 0 saturated carbocycles. The molecule has 0 aliphatic heterocycles. The molecule has 1 amide bonds. The number of nitrogens with one attached hydrogen (secondary N) is 1. The lowest BCUT2D eigenvalue weighted by Crippen LogP contribution is -2.20. The van der Waals surface area contributed by atoms with Gasteiger partial charge < -0.3 is 10.1 Å². The van der Waals surface area contributed by atoms with Gasteiger partial charge in [-0.25, -0.2) is 0 Å². The fourth-order valence-electron chi connectivity index (χ4n) is 2.00. The van der Waals surface area contributed by atoms with Crippen molar-refractivity contribution >= 4 is 33.3 Å². The topological polar surface area (TPSA) is 55.4 Å². The molecule has 0 unspecified atom stereocenters. The van der Waals surface area contributed by atoms with Gasteiger partial charge in [0.2, 0.25) is 0 Å². The number of rotatable bonds is 6. The van der Waals surface area contributed by atoms with Crippen molar-refractivity contribution in [1.29, 1.82) is 0 Å². The summed E-state index contributed by atoms with van der Waals surface area (Å²) in [4.78, 5) is 23.5. The second-order valence-electron chi connectivity index (χ2n) is 5.12. The van der Waals surface area contributed by atoms with E-state index in [0.29, 0.717) is 23.4 Å². The number of ether oxygens (including phenoxy) is 1. The van der Waals surface area contributed by atoms with Crippen LogP contribution in [0.15, 0.2) is 46.9 Å². The molecule has 0 spiro atoms. The third-order valence-corrected chi connectivity index (χ3v) is 3.92. The number of carbonyl (C=O) groups excluding carboxylic acids is 2. The van der Waals surface area contributed by atoms with Crippen LogP contribution < -0.4 is 10.1 Å². The van der Waals surface area contributed by atoms with Crippen molar-refractivity contribution in [2.75, 3.05) is 11.9 Å². The first kappa shape index (κ1) is 17.2. The van der Waals surface area contributed by atoms with E-state index in [4.69, 9.17) is 4.74 Å². The van der Waals surface area contributed by atoms with E-state index in [1.807, 2.05) is 32.0 Å². The van der Waals surface area contributed by atoms with Gasteiger partial charge in [-0.05, 0) is 64.8 Å². The van der Waals surface area contributed by atoms with E-state index in [1.165, 1.54) is 0 Å². The van der Waals surface area contributed by atoms with Crippen LogP contribution in [0.3, 0.4) is 0 Å². The minimum atomic E-state index is -0.247. The first-order valence-corrected chi connectivity index (χ1v) is 8.11. The van der Waals surface area contributed by atoms with Crippen LogP contribution in [0.1, 0.15) is 29.3 Å². The van der Waals surface area contributed by atoms with E-state index < -0.39 is 0 Å². The summed E-state index contributed by atoms with van der Waals surface area (Å²) in [7, 11) is 0. The second kappa shape index (κ2) is 7.92. The van der Waals surface area contributed by atoms with Gasteiger partial charge in [-0.1, -0.05) is 13.0 Å². The molecular weight excluding hydrogens is 358 g/mol. The Morgan fingerprint density at radius 2 is 1.83 bits per heavy atom. The number of halogens is 1. The van der Waals surface area contributed by atoms with Gasteiger partial charge in [0.15, 0.2) is 12.4 Å². The fraction of sp³-hybridized carbons (Fsp3) is 0.222. The monoisotopic (exact) mass is 375 g/mol. The van der Waals surface area contributed by atoms with Gasteiger partial charge in [-0.15, -0.1) is 0 Å². The van der Waals surface area contributed by atoms with Gasteiger partial charge in [0, 0.05) is 16.5 Å². The highest BCUT2D eigenvalue weighted by atomic mass is 79.9. The van der Waals surface area contributed by atoms with Gasteiger partial charge in [0.1, 0.15) is 5.75 Å². The normalized spacial score (nSPS) is 10.2. The van der Waals surface area contributed by atoms with Crippen LogP contribution >= 0.6 is 15.9 Å². The van der Waals surface area contributed by atoms with Gasteiger partial charge in [-0.3, -0.25) is 9.59 Å². The molecule has 0 heterocycles. The van der Waals surface area contributed by atoms with Crippen LogP contribution in [0.5, 0.6) is 5.75 Å². The smallest absolute Gasteiger partial charge is 0.262 e. The van der Waals surface area contributed by atoms with Gasteiger partial charge in [0.05, 0.1) is 5.69 Å². The third kappa shape index (κ3) is 4.93. The van der Waals surface area contributed by atoms with Gasteiger partial charge in [0.25, 0.3) is 5.91 Å². The van der Waals surface area contributed by atoms with Crippen LogP contribution in [0, 0.1) is 6.92 Å². The van der Waals surface area contributed by atoms with Crippen LogP contribution in [0.2, 0.25) is 0 Å². The van der Waals surface area contributed by atoms with Gasteiger partial charge >= 0.3 is 0 Å². The van der Waals surface area contributed by atoms with Crippen molar-refractivity contribution in [2.45, 2.75) is 20.3 Å². The molecule has 4 nitrogen and oxygen atoms in total. The summed E-state index contributed by atoms with van der Waals surface area (Å²) in [5.41, 5.74) is 2.45. The SMILES string of the molecule is CCC(=O)c1ccc(OCC(=O)Nc2ccc(C)cc2Br)cc1. The zero-order valence-electron chi connectivity index (χ0n) is 13.1. The quantitative estimate of drug-likeness (QED) is 0.762. The summed E-state index contributed by atoms with van der Waals surface area (Å²) >= 11 is 3.41. The summed E-state index contributed by atoms with van der Waals surface area (Å²) in [5, 5.41) is 2.78. The van der Waals surface area contributed by atoms with Crippen molar-refractivity contribution in [3.63, 3.8) is 0 Å². The summed E-state index contributed by atoms with van der Waals surface area (Å²) < 4.78 is 6.26. The number of carbonyl (C=O) groups is 2. The van der Waals surface area contributed by atoms with Crippen molar-refractivity contribution in [3.8, 4) is 5.75 Å². The predicted octanol–water partition coefficient (Wildman–Crippen LogP) is 4.37. The maximum absolute atomic E-state index is 11.9. The Kier molecular flexibility index (Phi) is 5.93. The second-order valence-corrected chi connectivity index (χ2v) is 5.98. The Hall–Kier alpha value is -2.14. The standard InChI is InChI=1S/C18H18BrNO3/c1-3-17(21)13-5-7-14(8-6-13)23-11-18(22)20-16-9-4-12(2)10-15(16)19/h4-10H,3,11H2,1-2H3,(H,20,22). The number of hydrogen-bond donors (Lipinski definition) is 1. The average molecular weight is 376 g/mol. The molecule has 0 aliphatic carbocycles. The van der Waals surface area contributed by atoms with E-state index in [-0.39, 0.29) is 18.3 Å². The molecule has 120 valence electrons. The maximum atomic E-state index is 11.9. The molecule has 2 rings (SSSR count). The molecule has 0 aromatic heterocycles. The summed E-state index contributed by atoms with van der Waals surface area (Å²) in [5.74, 6) is 0.387. The first-order valence-electron chi connectivity index (χ1n) is 7.31. The zero-order valence-corrected chi connectivity index (χ0v) is 14.6. The molecule has 0 fully saturated rings. The molecule has 1 N–H and O–H groups in total. The summed E-state index contributed by atoms with van der Waals surface area (Å²) in [6, 6.07) is 12.5. The lowest BCUT2D eigenvalue weighted by atomic mass is 10.1. The Bertz CT molecular complexity index is 711. The molecule has 0 bridgehead atoms. The van der Waals surface area contributed by atoms with Crippen LogP contribution in [0.4, 0.5) is 5.69 Å². The molecular formula is C18H18BrNO3. The van der Waals surface area contributed by atoms with Crippen LogP contribution in [-0.2, 0) is 4.79 Å². The Balaban J connectivity index is 1.90. The van der Waals surface area contributed by atoms with E-state index in [0.717, 1.165) is 10.0 Å². The van der Waals surface area contributed by atoms with E-state index in [9.17, 15) is 9.59 Å². The molecule has 5 heteroatoms. The Morgan fingerprint density at radius 3 is 2.43 bits per heavy atom. The lowest BCUT2D eigenvalue weighted by molar-refractivity contribution is -0.118. The Morgan fingerprint density at radius 1 is 1.13 bits per heavy atom. The highest BCUT2D eigenvalue weighted by molar-refractivity contribution is 9.10. The van der Waals surface area contributed by atoms with Crippen molar-refractivity contribution in [3.05, 3.63) is 58.1 Å². The van der Waals surface area contributed by atoms with Crippen LogP contribution in [0.25, 0.3) is 0 Å². The molecule has 0 aliphatic rings. The highest BCUT2D eigenvalue weighted by Gasteiger charge is 2.07. The fourth-order valence-corrected chi connectivity index (χ4v) is 2.59. The third-order valence-electron chi connectivity index (χ3n) is 3.27. The van der Waals surface area contributed by atoms with E-state index in [1.54, 1.807) is 24.3 Å².